The number of halogens is 5. The molecule has 0 spiro atoms. The van der Waals surface area contributed by atoms with Crippen molar-refractivity contribution in [2.24, 2.45) is 0 Å². The van der Waals surface area contributed by atoms with Crippen LogP contribution in [0.3, 0.4) is 0 Å². The molecule has 4 rings (SSSR count). The first-order valence-electron chi connectivity index (χ1n) is 10.4. The van der Waals surface area contributed by atoms with Crippen molar-refractivity contribution in [3.05, 3.63) is 51.8 Å². The highest BCUT2D eigenvalue weighted by molar-refractivity contribution is 5.73. The number of benzene rings is 1. The van der Waals surface area contributed by atoms with Gasteiger partial charge in [-0.25, -0.2) is 8.78 Å². The van der Waals surface area contributed by atoms with Crippen LogP contribution in [0.15, 0.2) is 12.1 Å². The summed E-state index contributed by atoms with van der Waals surface area (Å²) in [6.07, 6.45) is -5.02. The first-order chi connectivity index (χ1) is 15.1. The van der Waals surface area contributed by atoms with Crippen molar-refractivity contribution in [2.75, 3.05) is 19.6 Å². The number of fused-ring (bicyclic) bond motifs is 1. The summed E-state index contributed by atoms with van der Waals surface area (Å²) in [6, 6.07) is 1.73. The number of H-pyrrole nitrogens is 1. The summed E-state index contributed by atoms with van der Waals surface area (Å²) in [5, 5.41) is 17.9. The van der Waals surface area contributed by atoms with Gasteiger partial charge in [0.1, 0.15) is 5.69 Å². The summed E-state index contributed by atoms with van der Waals surface area (Å²) in [5.41, 5.74) is 0.245. The topological polar surface area (TPSA) is 72.5 Å². The quantitative estimate of drug-likeness (QED) is 0.691. The molecule has 2 aliphatic rings. The van der Waals surface area contributed by atoms with Gasteiger partial charge in [0.15, 0.2) is 17.9 Å². The Morgan fingerprint density at radius 3 is 2.53 bits per heavy atom. The van der Waals surface area contributed by atoms with E-state index in [1.54, 1.807) is 9.80 Å². The Kier molecular flexibility index (Phi) is 5.97. The molecule has 1 aromatic carbocycles. The first kappa shape index (κ1) is 22.7. The second-order valence-electron chi connectivity index (χ2n) is 8.26. The molecule has 0 radical (unpaired) electrons. The number of rotatable bonds is 3. The zero-order valence-electron chi connectivity index (χ0n) is 17.3. The number of carbonyl (C=O) groups excluding carboxylic acids is 1. The Hall–Kier alpha value is -2.53. The number of piperidine rings is 1. The van der Waals surface area contributed by atoms with Gasteiger partial charge in [-0.05, 0) is 36.8 Å². The van der Waals surface area contributed by atoms with E-state index < -0.39 is 35.5 Å². The second-order valence-corrected chi connectivity index (χ2v) is 8.26. The lowest BCUT2D eigenvalue weighted by atomic mass is 9.85. The summed E-state index contributed by atoms with van der Waals surface area (Å²) in [4.78, 5) is 15.0. The van der Waals surface area contributed by atoms with Crippen LogP contribution in [0.4, 0.5) is 22.0 Å². The van der Waals surface area contributed by atoms with Gasteiger partial charge in [0.25, 0.3) is 0 Å². The van der Waals surface area contributed by atoms with Gasteiger partial charge in [-0.15, -0.1) is 0 Å². The van der Waals surface area contributed by atoms with E-state index in [-0.39, 0.29) is 37.4 Å². The zero-order valence-corrected chi connectivity index (χ0v) is 17.3. The molecule has 6 nitrogen and oxygen atoms in total. The molecule has 0 aliphatic carbocycles. The van der Waals surface area contributed by atoms with Gasteiger partial charge >= 0.3 is 6.18 Å². The van der Waals surface area contributed by atoms with Gasteiger partial charge in [0, 0.05) is 32.1 Å². The van der Waals surface area contributed by atoms with Gasteiger partial charge in [-0.3, -0.25) is 14.8 Å². The van der Waals surface area contributed by atoms with Gasteiger partial charge < -0.3 is 10.0 Å². The smallest absolute Gasteiger partial charge is 0.372 e. The number of aliphatic hydroxyl groups is 1. The van der Waals surface area contributed by atoms with Crippen molar-refractivity contribution < 1.29 is 31.9 Å². The maximum atomic E-state index is 14.0. The van der Waals surface area contributed by atoms with Crippen LogP contribution in [0, 0.1) is 11.6 Å². The highest BCUT2D eigenvalue weighted by Crippen LogP contribution is 2.41. The second kappa shape index (κ2) is 8.43. The molecule has 1 fully saturated rings. The normalized spacial score (nSPS) is 19.2. The van der Waals surface area contributed by atoms with E-state index in [4.69, 9.17) is 0 Å². The molecule has 0 bridgehead atoms. The molecule has 1 amide bonds. The molecule has 32 heavy (non-hydrogen) atoms. The number of nitrogens with one attached hydrogen (secondary N) is 1. The molecule has 11 heteroatoms. The van der Waals surface area contributed by atoms with Crippen molar-refractivity contribution in [1.29, 1.82) is 0 Å². The van der Waals surface area contributed by atoms with Crippen LogP contribution in [0.5, 0.6) is 0 Å². The Labute approximate surface area is 181 Å². The highest BCUT2D eigenvalue weighted by atomic mass is 19.4. The number of nitrogens with zero attached hydrogens (tertiary/aromatic N) is 3. The van der Waals surface area contributed by atoms with E-state index in [9.17, 15) is 31.9 Å². The zero-order chi connectivity index (χ0) is 23.2. The van der Waals surface area contributed by atoms with E-state index in [2.05, 4.69) is 10.2 Å². The predicted octanol–water partition coefficient (Wildman–Crippen LogP) is 3.48. The lowest BCUT2D eigenvalue weighted by Gasteiger charge is -2.36. The van der Waals surface area contributed by atoms with Crippen molar-refractivity contribution in [1.82, 2.24) is 20.0 Å². The van der Waals surface area contributed by atoms with Crippen molar-refractivity contribution >= 4 is 5.91 Å². The number of aromatic nitrogens is 2. The molecule has 2 aliphatic heterocycles. The Balaban J connectivity index is 1.48. The summed E-state index contributed by atoms with van der Waals surface area (Å²) < 4.78 is 67.5. The molecule has 2 aromatic rings. The number of hydrogen-bond donors (Lipinski definition) is 2. The number of hydrogen-bond acceptors (Lipinski definition) is 4. The van der Waals surface area contributed by atoms with Gasteiger partial charge in [-0.2, -0.15) is 18.3 Å². The fourth-order valence-corrected chi connectivity index (χ4v) is 4.65. The number of alkyl halides is 3. The average Bonchev–Trinajstić information content (AvgIpc) is 3.17. The van der Waals surface area contributed by atoms with E-state index >= 15 is 0 Å². The predicted molar refractivity (Wildman–Crippen MR) is 103 cm³/mol. The number of carbonyl (C=O) groups is 1. The summed E-state index contributed by atoms with van der Waals surface area (Å²) in [5.74, 6) is -4.06. The minimum Gasteiger partial charge on any atom is -0.372 e. The maximum Gasteiger partial charge on any atom is 0.419 e. The van der Waals surface area contributed by atoms with Crippen LogP contribution < -0.4 is 0 Å². The van der Waals surface area contributed by atoms with Crippen LogP contribution in [0.25, 0.3) is 0 Å². The molecule has 1 unspecified atom stereocenters. The summed E-state index contributed by atoms with van der Waals surface area (Å²) >= 11 is 0. The Morgan fingerprint density at radius 1 is 1.22 bits per heavy atom. The molecule has 2 N–H and O–H groups in total. The van der Waals surface area contributed by atoms with Gasteiger partial charge in [0.05, 0.1) is 17.8 Å². The van der Waals surface area contributed by atoms with E-state index in [1.807, 2.05) is 0 Å². The van der Waals surface area contributed by atoms with Gasteiger partial charge in [-0.1, -0.05) is 6.07 Å². The SMILES string of the molecule is CC(=O)N1CCc2c(C(O)N3CCC(c4ccc(F)c(F)c4C(F)(F)F)CC3)n[nH]c2C1. The average molecular weight is 458 g/mol. The largest absolute Gasteiger partial charge is 0.419 e. The molecule has 1 atom stereocenters. The molecule has 0 saturated carbocycles. The fourth-order valence-electron chi connectivity index (χ4n) is 4.65. The van der Waals surface area contributed by atoms with Gasteiger partial charge in [0.2, 0.25) is 5.91 Å². The molecule has 174 valence electrons. The molecular weight excluding hydrogens is 435 g/mol. The van der Waals surface area contributed by atoms with Crippen LogP contribution in [0.2, 0.25) is 0 Å². The Bertz CT molecular complexity index is 1010. The van der Waals surface area contributed by atoms with E-state index in [0.29, 0.717) is 25.2 Å². The molecule has 1 saturated heterocycles. The van der Waals surface area contributed by atoms with Crippen molar-refractivity contribution in [2.45, 2.75) is 51.1 Å². The third kappa shape index (κ3) is 4.11. The maximum absolute atomic E-state index is 14.0. The van der Waals surface area contributed by atoms with Crippen molar-refractivity contribution in [3.8, 4) is 0 Å². The highest BCUT2D eigenvalue weighted by Gasteiger charge is 2.41. The molecule has 1 aromatic heterocycles. The third-order valence-electron chi connectivity index (χ3n) is 6.38. The number of amides is 1. The van der Waals surface area contributed by atoms with E-state index in [1.165, 1.54) is 6.92 Å². The standard InChI is InChI=1S/C21H23F5N4O2/c1-11(31)30-9-6-14-16(10-30)27-28-19(14)20(32)29-7-4-12(5-8-29)13-2-3-15(22)18(23)17(13)21(24,25)26/h2-3,12,20,32H,4-10H2,1H3,(H,27,28). The lowest BCUT2D eigenvalue weighted by molar-refractivity contribution is -0.141. The lowest BCUT2D eigenvalue weighted by Crippen LogP contribution is -2.38. The minimum atomic E-state index is -5.00. The molecule has 3 heterocycles. The number of likely N-dealkylation sites (tertiary alicyclic amines) is 1. The summed E-state index contributed by atoms with van der Waals surface area (Å²) in [6.45, 7) is 2.91. The third-order valence-corrected chi connectivity index (χ3v) is 6.38. The van der Waals surface area contributed by atoms with Crippen LogP contribution in [0.1, 0.15) is 60.0 Å². The minimum absolute atomic E-state index is 0.0510. The molecular formula is C21H23F5N4O2. The first-order valence-corrected chi connectivity index (χ1v) is 10.4. The van der Waals surface area contributed by atoms with Crippen LogP contribution in [-0.4, -0.2) is 50.6 Å². The van der Waals surface area contributed by atoms with Crippen molar-refractivity contribution in [3.63, 3.8) is 0 Å². The monoisotopic (exact) mass is 458 g/mol. The number of aromatic amines is 1. The van der Waals surface area contributed by atoms with E-state index in [0.717, 1.165) is 23.4 Å². The van der Waals surface area contributed by atoms with Crippen LogP contribution >= 0.6 is 0 Å². The Morgan fingerprint density at radius 2 is 1.91 bits per heavy atom. The summed E-state index contributed by atoms with van der Waals surface area (Å²) in [7, 11) is 0. The number of aliphatic hydroxyl groups excluding tert-OH is 1. The fraction of sp³-hybridized carbons (Fsp3) is 0.524. The van der Waals surface area contributed by atoms with Crippen LogP contribution in [-0.2, 0) is 23.9 Å².